The molecule has 0 unspecified atom stereocenters. The van der Waals surface area contributed by atoms with Gasteiger partial charge in [0.2, 0.25) is 5.91 Å². The average Bonchev–Trinajstić information content (AvgIpc) is 2.73. The summed E-state index contributed by atoms with van der Waals surface area (Å²) in [7, 11) is 0. The molecule has 0 spiro atoms. The van der Waals surface area contributed by atoms with Crippen LogP contribution in [0.1, 0.15) is 51.0 Å². The van der Waals surface area contributed by atoms with Crippen LogP contribution in [0.2, 0.25) is 0 Å². The van der Waals surface area contributed by atoms with Gasteiger partial charge < -0.3 is 15.4 Å². The lowest BCUT2D eigenvalue weighted by Gasteiger charge is -2.23. The first-order chi connectivity index (χ1) is 14.4. The van der Waals surface area contributed by atoms with Crippen molar-refractivity contribution in [3.63, 3.8) is 0 Å². The number of esters is 1. The highest BCUT2D eigenvalue weighted by molar-refractivity contribution is 5.97. The molecule has 0 saturated heterocycles. The van der Waals surface area contributed by atoms with Gasteiger partial charge in [0.05, 0.1) is 6.42 Å². The number of urea groups is 1. The lowest BCUT2D eigenvalue weighted by Crippen LogP contribution is -2.48. The number of ether oxygens (including phenoxy) is 1. The second-order valence-corrected chi connectivity index (χ2v) is 7.21. The van der Waals surface area contributed by atoms with Crippen LogP contribution in [0.5, 0.6) is 0 Å². The summed E-state index contributed by atoms with van der Waals surface area (Å²) in [5.74, 6) is -1.67. The first-order valence-electron chi connectivity index (χ1n) is 10.3. The van der Waals surface area contributed by atoms with Gasteiger partial charge in [0.1, 0.15) is 0 Å². The number of imide groups is 1. The second kappa shape index (κ2) is 12.4. The predicted molar refractivity (Wildman–Crippen MR) is 112 cm³/mol. The Balaban J connectivity index is 1.62. The largest absolute Gasteiger partial charge is 0.452 e. The molecule has 1 aromatic carbocycles. The molecule has 3 N–H and O–H groups in total. The Morgan fingerprint density at radius 1 is 1.10 bits per heavy atom. The van der Waals surface area contributed by atoms with E-state index in [0.29, 0.717) is 0 Å². The maximum absolute atomic E-state index is 12.0. The topological polar surface area (TPSA) is 114 Å². The van der Waals surface area contributed by atoms with Crippen LogP contribution in [-0.4, -0.2) is 42.5 Å². The molecule has 0 aliphatic heterocycles. The number of rotatable bonds is 8. The minimum atomic E-state index is -1.11. The van der Waals surface area contributed by atoms with Crippen LogP contribution in [0.3, 0.4) is 0 Å². The number of carbonyl (C=O) groups excluding carboxylic acids is 4. The normalized spacial score (nSPS) is 15.2. The van der Waals surface area contributed by atoms with E-state index in [0.717, 1.165) is 37.7 Å². The summed E-state index contributed by atoms with van der Waals surface area (Å²) in [6, 6.07) is 8.84. The van der Waals surface area contributed by atoms with E-state index in [1.165, 1.54) is 13.0 Å². The Bertz CT molecular complexity index is 757. The third-order valence-corrected chi connectivity index (χ3v) is 4.71. The highest BCUT2D eigenvalue weighted by atomic mass is 16.5. The van der Waals surface area contributed by atoms with Gasteiger partial charge in [-0.2, -0.15) is 0 Å². The molecule has 1 aliphatic carbocycles. The van der Waals surface area contributed by atoms with Gasteiger partial charge in [0.25, 0.3) is 5.91 Å². The van der Waals surface area contributed by atoms with E-state index in [1.54, 1.807) is 6.08 Å². The summed E-state index contributed by atoms with van der Waals surface area (Å²) in [6.45, 7) is 1.47. The number of carbonyl (C=O) groups is 4. The van der Waals surface area contributed by atoms with Crippen molar-refractivity contribution in [2.24, 2.45) is 0 Å². The molecule has 2 rings (SSSR count). The van der Waals surface area contributed by atoms with Gasteiger partial charge in [-0.15, -0.1) is 0 Å². The molecule has 162 valence electrons. The first kappa shape index (κ1) is 23.1. The lowest BCUT2D eigenvalue weighted by atomic mass is 9.96. The van der Waals surface area contributed by atoms with Crippen molar-refractivity contribution in [1.29, 1.82) is 0 Å². The molecule has 1 fully saturated rings. The zero-order chi connectivity index (χ0) is 21.8. The molecule has 1 saturated carbocycles. The Kier molecular flexibility index (Phi) is 9.57. The summed E-state index contributed by atoms with van der Waals surface area (Å²) in [6.07, 6.45) is 6.93. The third kappa shape index (κ3) is 8.89. The van der Waals surface area contributed by atoms with Crippen LogP contribution in [0.15, 0.2) is 36.4 Å². The molecule has 8 nitrogen and oxygen atoms in total. The molecule has 0 heterocycles. The second-order valence-electron chi connectivity index (χ2n) is 7.21. The fraction of sp³-hybridized carbons (Fsp3) is 0.455. The molecule has 30 heavy (non-hydrogen) atoms. The van der Waals surface area contributed by atoms with Gasteiger partial charge in [0, 0.05) is 18.7 Å². The third-order valence-electron chi connectivity index (χ3n) is 4.71. The van der Waals surface area contributed by atoms with E-state index in [-0.39, 0.29) is 24.9 Å². The van der Waals surface area contributed by atoms with E-state index in [4.69, 9.17) is 4.74 Å². The molecule has 0 bridgehead atoms. The van der Waals surface area contributed by atoms with Crippen molar-refractivity contribution in [3.05, 3.63) is 42.0 Å². The minimum Gasteiger partial charge on any atom is -0.452 e. The first-order valence-corrected chi connectivity index (χ1v) is 10.3. The van der Waals surface area contributed by atoms with Crippen LogP contribution in [0, 0.1) is 0 Å². The van der Waals surface area contributed by atoms with Gasteiger partial charge in [-0.1, -0.05) is 49.6 Å². The van der Waals surface area contributed by atoms with Crippen molar-refractivity contribution in [3.8, 4) is 0 Å². The maximum atomic E-state index is 12.0. The van der Waals surface area contributed by atoms with Crippen LogP contribution < -0.4 is 16.0 Å². The maximum Gasteiger partial charge on any atom is 0.321 e. The highest BCUT2D eigenvalue weighted by Gasteiger charge is 2.22. The van der Waals surface area contributed by atoms with Crippen molar-refractivity contribution < 1.29 is 23.9 Å². The molecule has 8 heteroatoms. The Labute approximate surface area is 176 Å². The smallest absolute Gasteiger partial charge is 0.321 e. The molecule has 0 aromatic heterocycles. The summed E-state index contributed by atoms with van der Waals surface area (Å²) >= 11 is 0. The Morgan fingerprint density at radius 2 is 1.80 bits per heavy atom. The molecular formula is C22H29N3O5. The zero-order valence-corrected chi connectivity index (χ0v) is 17.2. The average molecular weight is 415 g/mol. The van der Waals surface area contributed by atoms with E-state index in [2.05, 4.69) is 16.0 Å². The Hall–Kier alpha value is -3.16. The number of nitrogens with one attached hydrogen (secondary N) is 3. The quantitative estimate of drug-likeness (QED) is 0.445. The highest BCUT2D eigenvalue weighted by Crippen LogP contribution is 2.17. The molecule has 1 aliphatic rings. The molecule has 4 amide bonds. The fourth-order valence-corrected chi connectivity index (χ4v) is 3.07. The number of hydrogen-bond acceptors (Lipinski definition) is 5. The molecule has 0 radical (unpaired) electrons. The fourth-order valence-electron chi connectivity index (χ4n) is 3.07. The van der Waals surface area contributed by atoms with Crippen LogP contribution >= 0.6 is 0 Å². The molecule has 1 atom stereocenters. The van der Waals surface area contributed by atoms with Crippen LogP contribution in [-0.2, 0) is 19.1 Å². The van der Waals surface area contributed by atoms with Gasteiger partial charge in [0.15, 0.2) is 6.10 Å². The van der Waals surface area contributed by atoms with E-state index in [9.17, 15) is 19.2 Å². The zero-order valence-electron chi connectivity index (χ0n) is 17.2. The molecular weight excluding hydrogens is 386 g/mol. The van der Waals surface area contributed by atoms with Crippen LogP contribution in [0.25, 0.3) is 6.08 Å². The number of benzene rings is 1. The lowest BCUT2D eigenvalue weighted by molar-refractivity contribution is -0.154. The predicted octanol–water partition coefficient (Wildman–Crippen LogP) is 2.30. The van der Waals surface area contributed by atoms with Crippen molar-refractivity contribution >= 4 is 29.9 Å². The SMILES string of the molecule is C[C@@H](OC(=O)CCNC(=O)/C=C/c1ccccc1)C(=O)NC(=O)NC1CCCCC1. The van der Waals surface area contributed by atoms with Gasteiger partial charge in [-0.05, 0) is 31.4 Å². The van der Waals surface area contributed by atoms with Gasteiger partial charge >= 0.3 is 12.0 Å². The summed E-state index contributed by atoms with van der Waals surface area (Å²) in [4.78, 5) is 47.5. The van der Waals surface area contributed by atoms with Gasteiger partial charge in [-0.3, -0.25) is 19.7 Å². The minimum absolute atomic E-state index is 0.0731. The van der Waals surface area contributed by atoms with Crippen LogP contribution in [0.4, 0.5) is 4.79 Å². The molecule has 1 aromatic rings. The Morgan fingerprint density at radius 3 is 2.50 bits per heavy atom. The van der Waals surface area contributed by atoms with Gasteiger partial charge in [-0.25, -0.2) is 4.79 Å². The van der Waals surface area contributed by atoms with Crippen molar-refractivity contribution in [2.75, 3.05) is 6.54 Å². The summed E-state index contributed by atoms with van der Waals surface area (Å²) in [5.41, 5.74) is 0.888. The summed E-state index contributed by atoms with van der Waals surface area (Å²) in [5, 5.41) is 7.53. The number of amides is 4. The standard InChI is InChI=1S/C22H29N3O5/c1-16(21(28)25-22(29)24-18-10-6-3-7-11-18)30-20(27)14-15-23-19(26)13-12-17-8-4-2-5-9-17/h2,4-5,8-9,12-13,16,18H,3,6-7,10-11,14-15H2,1H3,(H,23,26)(H2,24,25,28,29)/b13-12+/t16-/m1/s1. The van der Waals surface area contributed by atoms with Crippen molar-refractivity contribution in [1.82, 2.24) is 16.0 Å². The van der Waals surface area contributed by atoms with E-state index in [1.807, 2.05) is 30.3 Å². The monoisotopic (exact) mass is 415 g/mol. The van der Waals surface area contributed by atoms with Crippen molar-refractivity contribution in [2.45, 2.75) is 57.6 Å². The summed E-state index contributed by atoms with van der Waals surface area (Å²) < 4.78 is 5.01. The van der Waals surface area contributed by atoms with E-state index >= 15 is 0 Å². The van der Waals surface area contributed by atoms with E-state index < -0.39 is 24.0 Å². The number of hydrogen-bond donors (Lipinski definition) is 3.